The normalized spacial score (nSPS) is 14.4. The second-order valence-corrected chi connectivity index (χ2v) is 6.31. The molecule has 1 aliphatic heterocycles. The fraction of sp³-hybridized carbons (Fsp3) is 0.368. The quantitative estimate of drug-likeness (QED) is 0.766. The molecule has 0 atom stereocenters. The number of anilines is 1. The SMILES string of the molecule is O=C(NCc1ccc(OC(F)(F)F)cc1)NCc1cccnc1N1CCOCC1. The summed E-state index contributed by atoms with van der Waals surface area (Å²) in [5.74, 6) is 0.509. The van der Waals surface area contributed by atoms with Gasteiger partial charge in [0.2, 0.25) is 0 Å². The molecular formula is C19H21F3N4O3. The molecule has 0 unspecified atom stereocenters. The third-order valence-corrected chi connectivity index (χ3v) is 4.23. The Balaban J connectivity index is 1.48. The van der Waals surface area contributed by atoms with Crippen LogP contribution in [0.15, 0.2) is 42.6 Å². The van der Waals surface area contributed by atoms with Crippen molar-refractivity contribution in [3.05, 3.63) is 53.7 Å². The molecule has 7 nitrogen and oxygen atoms in total. The molecule has 0 spiro atoms. The molecular weight excluding hydrogens is 389 g/mol. The minimum atomic E-state index is -4.73. The van der Waals surface area contributed by atoms with E-state index in [0.717, 1.165) is 24.5 Å². The Morgan fingerprint density at radius 3 is 2.48 bits per heavy atom. The fourth-order valence-electron chi connectivity index (χ4n) is 2.86. The van der Waals surface area contributed by atoms with Crippen molar-refractivity contribution in [3.63, 3.8) is 0 Å². The van der Waals surface area contributed by atoms with Gasteiger partial charge in [-0.1, -0.05) is 18.2 Å². The summed E-state index contributed by atoms with van der Waals surface area (Å²) in [7, 11) is 0. The molecule has 1 aliphatic rings. The first-order valence-electron chi connectivity index (χ1n) is 9.04. The number of aromatic nitrogens is 1. The number of pyridine rings is 1. The summed E-state index contributed by atoms with van der Waals surface area (Å²) in [4.78, 5) is 18.6. The number of nitrogens with one attached hydrogen (secondary N) is 2. The van der Waals surface area contributed by atoms with Gasteiger partial charge in [-0.05, 0) is 23.8 Å². The van der Waals surface area contributed by atoms with Crippen molar-refractivity contribution >= 4 is 11.8 Å². The van der Waals surface area contributed by atoms with Gasteiger partial charge in [0.25, 0.3) is 0 Å². The summed E-state index contributed by atoms with van der Waals surface area (Å²) in [5, 5.41) is 5.44. The molecule has 10 heteroatoms. The highest BCUT2D eigenvalue weighted by molar-refractivity contribution is 5.74. The Labute approximate surface area is 165 Å². The predicted molar refractivity (Wildman–Crippen MR) is 99.5 cm³/mol. The van der Waals surface area contributed by atoms with Gasteiger partial charge in [-0.3, -0.25) is 0 Å². The molecule has 0 saturated carbocycles. The van der Waals surface area contributed by atoms with E-state index >= 15 is 0 Å². The highest BCUT2D eigenvalue weighted by Gasteiger charge is 2.30. The summed E-state index contributed by atoms with van der Waals surface area (Å²) in [6, 6.07) is 8.63. The number of halogens is 3. The van der Waals surface area contributed by atoms with E-state index in [1.807, 2.05) is 12.1 Å². The molecule has 1 aromatic carbocycles. The van der Waals surface area contributed by atoms with Crippen molar-refractivity contribution in [1.29, 1.82) is 0 Å². The van der Waals surface area contributed by atoms with Gasteiger partial charge in [0.05, 0.1) is 13.2 Å². The monoisotopic (exact) mass is 410 g/mol. The molecule has 156 valence electrons. The largest absolute Gasteiger partial charge is 0.573 e. The molecule has 2 heterocycles. The number of rotatable bonds is 6. The summed E-state index contributed by atoms with van der Waals surface area (Å²) in [6.45, 7) is 3.22. The van der Waals surface area contributed by atoms with E-state index in [1.54, 1.807) is 6.20 Å². The maximum atomic E-state index is 12.2. The summed E-state index contributed by atoms with van der Waals surface area (Å²) in [5.41, 5.74) is 1.53. The summed E-state index contributed by atoms with van der Waals surface area (Å²) < 4.78 is 45.7. The van der Waals surface area contributed by atoms with Crippen LogP contribution in [0, 0.1) is 0 Å². The van der Waals surface area contributed by atoms with Gasteiger partial charge in [-0.15, -0.1) is 13.2 Å². The molecule has 1 aromatic heterocycles. The Morgan fingerprint density at radius 1 is 1.10 bits per heavy atom. The van der Waals surface area contributed by atoms with E-state index in [-0.39, 0.29) is 12.3 Å². The first-order chi connectivity index (χ1) is 13.9. The predicted octanol–water partition coefficient (Wildman–Crippen LogP) is 2.82. The van der Waals surface area contributed by atoms with Gasteiger partial charge in [0.1, 0.15) is 11.6 Å². The number of nitrogens with zero attached hydrogens (tertiary/aromatic N) is 2. The average molecular weight is 410 g/mol. The molecule has 1 saturated heterocycles. The second kappa shape index (κ2) is 9.46. The first kappa shape index (κ1) is 20.7. The smallest absolute Gasteiger partial charge is 0.406 e. The summed E-state index contributed by atoms with van der Waals surface area (Å²) in [6.07, 6.45) is -3.02. The highest BCUT2D eigenvalue weighted by atomic mass is 19.4. The Morgan fingerprint density at radius 2 is 1.79 bits per heavy atom. The maximum Gasteiger partial charge on any atom is 0.573 e. The van der Waals surface area contributed by atoms with E-state index < -0.39 is 12.4 Å². The fourth-order valence-corrected chi connectivity index (χ4v) is 2.86. The zero-order valence-electron chi connectivity index (χ0n) is 15.5. The highest BCUT2D eigenvalue weighted by Crippen LogP contribution is 2.22. The molecule has 0 radical (unpaired) electrons. The standard InChI is InChI=1S/C19H21F3N4O3/c20-19(21,22)29-16-5-3-14(4-6-16)12-24-18(27)25-13-15-2-1-7-23-17(15)26-8-10-28-11-9-26/h1-7H,8-13H2,(H2,24,25,27). The van der Waals surface area contributed by atoms with Crippen LogP contribution < -0.4 is 20.3 Å². The van der Waals surface area contributed by atoms with Crippen LogP contribution in [0.4, 0.5) is 23.8 Å². The van der Waals surface area contributed by atoms with Crippen molar-refractivity contribution in [2.75, 3.05) is 31.2 Å². The van der Waals surface area contributed by atoms with Crippen LogP contribution >= 0.6 is 0 Å². The topological polar surface area (TPSA) is 75.7 Å². The molecule has 0 aliphatic carbocycles. The number of hydrogen-bond donors (Lipinski definition) is 2. The lowest BCUT2D eigenvalue weighted by atomic mass is 10.2. The molecule has 2 amide bonds. The van der Waals surface area contributed by atoms with Crippen LogP contribution in [0.1, 0.15) is 11.1 Å². The van der Waals surface area contributed by atoms with Gasteiger partial charge in [0, 0.05) is 37.9 Å². The molecule has 3 rings (SSSR count). The van der Waals surface area contributed by atoms with Gasteiger partial charge >= 0.3 is 12.4 Å². The van der Waals surface area contributed by atoms with Crippen molar-refractivity contribution in [2.24, 2.45) is 0 Å². The number of ether oxygens (including phenoxy) is 2. The van der Waals surface area contributed by atoms with Gasteiger partial charge < -0.3 is 25.0 Å². The first-order valence-corrected chi connectivity index (χ1v) is 9.04. The molecule has 2 aromatic rings. The number of alkyl halides is 3. The van der Waals surface area contributed by atoms with Gasteiger partial charge in [0.15, 0.2) is 0 Å². The third kappa shape index (κ3) is 6.53. The number of hydrogen-bond acceptors (Lipinski definition) is 5. The van der Waals surface area contributed by atoms with Crippen LogP contribution in [0.5, 0.6) is 5.75 Å². The number of morpholine rings is 1. The molecule has 0 bridgehead atoms. The third-order valence-electron chi connectivity index (χ3n) is 4.23. The number of amides is 2. The van der Waals surface area contributed by atoms with E-state index in [0.29, 0.717) is 25.3 Å². The van der Waals surface area contributed by atoms with E-state index in [9.17, 15) is 18.0 Å². The van der Waals surface area contributed by atoms with E-state index in [4.69, 9.17) is 4.74 Å². The zero-order valence-corrected chi connectivity index (χ0v) is 15.5. The van der Waals surface area contributed by atoms with Gasteiger partial charge in [-0.25, -0.2) is 9.78 Å². The Kier molecular flexibility index (Phi) is 6.76. The number of benzene rings is 1. The minimum absolute atomic E-state index is 0.168. The lowest BCUT2D eigenvalue weighted by Gasteiger charge is -2.29. The molecule has 2 N–H and O–H groups in total. The van der Waals surface area contributed by atoms with Crippen LogP contribution in [-0.4, -0.2) is 43.7 Å². The average Bonchev–Trinajstić information content (AvgIpc) is 2.71. The summed E-state index contributed by atoms with van der Waals surface area (Å²) >= 11 is 0. The second-order valence-electron chi connectivity index (χ2n) is 6.31. The van der Waals surface area contributed by atoms with E-state index in [1.165, 1.54) is 24.3 Å². The lowest BCUT2D eigenvalue weighted by Crippen LogP contribution is -2.38. The van der Waals surface area contributed by atoms with Crippen LogP contribution in [0.2, 0.25) is 0 Å². The number of carbonyl (C=O) groups is 1. The van der Waals surface area contributed by atoms with Crippen molar-refractivity contribution in [2.45, 2.75) is 19.5 Å². The zero-order chi connectivity index (χ0) is 20.7. The molecule has 29 heavy (non-hydrogen) atoms. The minimum Gasteiger partial charge on any atom is -0.406 e. The maximum absolute atomic E-state index is 12.2. The lowest BCUT2D eigenvalue weighted by molar-refractivity contribution is -0.274. The van der Waals surface area contributed by atoms with E-state index in [2.05, 4.69) is 25.3 Å². The Hall–Kier alpha value is -3.01. The Bertz CT molecular complexity index is 809. The van der Waals surface area contributed by atoms with Crippen LogP contribution in [0.3, 0.4) is 0 Å². The van der Waals surface area contributed by atoms with Gasteiger partial charge in [-0.2, -0.15) is 0 Å². The number of urea groups is 1. The van der Waals surface area contributed by atoms with Crippen molar-refractivity contribution in [3.8, 4) is 5.75 Å². The van der Waals surface area contributed by atoms with Crippen LogP contribution in [0.25, 0.3) is 0 Å². The van der Waals surface area contributed by atoms with Crippen molar-refractivity contribution in [1.82, 2.24) is 15.6 Å². The number of carbonyl (C=O) groups excluding carboxylic acids is 1. The molecule has 1 fully saturated rings. The van der Waals surface area contributed by atoms with Crippen molar-refractivity contribution < 1.29 is 27.4 Å². The van der Waals surface area contributed by atoms with Crippen LogP contribution in [-0.2, 0) is 17.8 Å².